The van der Waals surface area contributed by atoms with E-state index in [0.717, 1.165) is 22.9 Å². The summed E-state index contributed by atoms with van der Waals surface area (Å²) in [6.45, 7) is 4.41. The van der Waals surface area contributed by atoms with Crippen LogP contribution in [0.25, 0.3) is 0 Å². The zero-order valence-corrected chi connectivity index (χ0v) is 29.1. The maximum absolute atomic E-state index is 13.8. The highest BCUT2D eigenvalue weighted by atomic mass is 32.2. The van der Waals surface area contributed by atoms with E-state index in [9.17, 15) is 27.6 Å². The fourth-order valence-corrected chi connectivity index (χ4v) is 5.93. The summed E-state index contributed by atoms with van der Waals surface area (Å²) in [5, 5.41) is 7.81. The first-order chi connectivity index (χ1) is 23.2. The topological polar surface area (TPSA) is 160 Å². The molecule has 1 fully saturated rings. The van der Waals surface area contributed by atoms with Crippen molar-refractivity contribution in [3.05, 3.63) is 108 Å². The molecular formula is C37H45N3O8S. The van der Waals surface area contributed by atoms with Crippen molar-refractivity contribution in [1.29, 1.82) is 0 Å². The van der Waals surface area contributed by atoms with E-state index in [0.29, 0.717) is 19.3 Å². The van der Waals surface area contributed by atoms with Gasteiger partial charge in [0, 0.05) is 18.2 Å². The number of alkyl carbamates (subject to hydrolysis) is 1. The van der Waals surface area contributed by atoms with Crippen molar-refractivity contribution < 1.29 is 37.1 Å². The van der Waals surface area contributed by atoms with Crippen LogP contribution in [0.3, 0.4) is 0 Å². The third-order valence-corrected chi connectivity index (χ3v) is 11.0. The van der Waals surface area contributed by atoms with E-state index in [1.807, 2.05) is 66.7 Å². The van der Waals surface area contributed by atoms with Gasteiger partial charge in [-0.15, -0.1) is 0 Å². The van der Waals surface area contributed by atoms with Gasteiger partial charge in [-0.05, 0) is 56.2 Å². The van der Waals surface area contributed by atoms with Crippen LogP contribution in [0.2, 0.25) is 0 Å². The van der Waals surface area contributed by atoms with E-state index < -0.39 is 62.7 Å². The van der Waals surface area contributed by atoms with E-state index in [-0.39, 0.29) is 18.9 Å². The molecule has 1 aliphatic heterocycles. The molecule has 0 spiro atoms. The predicted octanol–water partition coefficient (Wildman–Crippen LogP) is 3.90. The molecule has 3 aromatic carbocycles. The first-order valence-corrected chi connectivity index (χ1v) is 18.2. The van der Waals surface area contributed by atoms with E-state index in [4.69, 9.17) is 9.47 Å². The summed E-state index contributed by atoms with van der Waals surface area (Å²) < 4.78 is 34.9. The highest BCUT2D eigenvalue weighted by Gasteiger charge is 2.48. The summed E-state index contributed by atoms with van der Waals surface area (Å²) in [6, 6.07) is 25.9. The fraction of sp³-hybridized carbons (Fsp3) is 0.405. The van der Waals surface area contributed by atoms with Crippen molar-refractivity contribution in [2.75, 3.05) is 6.26 Å². The van der Waals surface area contributed by atoms with Crippen molar-refractivity contribution in [2.24, 2.45) is 5.92 Å². The van der Waals surface area contributed by atoms with Crippen LogP contribution in [0.15, 0.2) is 91.0 Å². The summed E-state index contributed by atoms with van der Waals surface area (Å²) in [7, 11) is -3.86. The van der Waals surface area contributed by atoms with Gasteiger partial charge in [0.05, 0.1) is 10.9 Å². The number of hydrogen-bond acceptors (Lipinski definition) is 8. The van der Waals surface area contributed by atoms with Crippen molar-refractivity contribution in [3.8, 4) is 0 Å². The van der Waals surface area contributed by atoms with Crippen molar-refractivity contribution >= 4 is 33.7 Å². The number of carbonyl (C=O) groups excluding carboxylic acids is 4. The second kappa shape index (κ2) is 16.7. The Balaban J connectivity index is 1.41. The zero-order valence-electron chi connectivity index (χ0n) is 28.3. The Morgan fingerprint density at radius 1 is 0.816 bits per heavy atom. The number of ether oxygens (including phenoxy) is 2. The number of hydrogen-bond donors (Lipinski definition) is 3. The molecule has 1 unspecified atom stereocenters. The number of aryl methyl sites for hydroxylation is 1. The van der Waals surface area contributed by atoms with Gasteiger partial charge in [0.1, 0.15) is 12.6 Å². The molecule has 1 saturated heterocycles. The maximum Gasteiger partial charge on any atom is 0.408 e. The molecular weight excluding hydrogens is 646 g/mol. The molecule has 1 heterocycles. The molecule has 3 N–H and O–H groups in total. The zero-order chi connectivity index (χ0) is 35.6. The van der Waals surface area contributed by atoms with Gasteiger partial charge < -0.3 is 20.1 Å². The summed E-state index contributed by atoms with van der Waals surface area (Å²) >= 11 is 0. The minimum absolute atomic E-state index is 0.0757. The molecule has 1 aliphatic rings. The Kier molecular flexibility index (Phi) is 12.7. The lowest BCUT2D eigenvalue weighted by Crippen LogP contribution is -2.61. The number of carbonyl (C=O) groups is 4. The Hall–Kier alpha value is -4.55. The number of sulfone groups is 1. The van der Waals surface area contributed by atoms with Gasteiger partial charge in [0.15, 0.2) is 15.9 Å². The Morgan fingerprint density at radius 2 is 1.37 bits per heavy atom. The van der Waals surface area contributed by atoms with Gasteiger partial charge >= 0.3 is 6.09 Å². The van der Waals surface area contributed by atoms with E-state index in [2.05, 4.69) is 16.0 Å². The number of rotatable bonds is 16. The van der Waals surface area contributed by atoms with Gasteiger partial charge in [-0.25, -0.2) is 13.2 Å². The average Bonchev–Trinajstić information content (AvgIpc) is 3.85. The van der Waals surface area contributed by atoms with Crippen LogP contribution in [-0.2, 0) is 53.1 Å². The largest absolute Gasteiger partial charge is 0.445 e. The molecule has 262 valence electrons. The van der Waals surface area contributed by atoms with Crippen LogP contribution < -0.4 is 16.0 Å². The number of amides is 4. The second-order valence-corrected chi connectivity index (χ2v) is 15.6. The Labute approximate surface area is 288 Å². The van der Waals surface area contributed by atoms with E-state index >= 15 is 0 Å². The molecule has 49 heavy (non-hydrogen) atoms. The number of nitrogens with one attached hydrogen (secondary N) is 3. The SMILES string of the molecule is C[C@@H](CCc1ccccc1)C(=O)NC(=O)[C@H]1OC1C[C@H](Cc1ccccc1)NC(=O)[C@@H](NC(=O)OCc1ccccc1)C(C)(C)S(C)(=O)=O. The second-order valence-electron chi connectivity index (χ2n) is 13.0. The smallest absolute Gasteiger partial charge is 0.408 e. The van der Waals surface area contributed by atoms with Gasteiger partial charge in [-0.2, -0.15) is 0 Å². The van der Waals surface area contributed by atoms with Crippen molar-refractivity contribution in [1.82, 2.24) is 16.0 Å². The van der Waals surface area contributed by atoms with Crippen LogP contribution in [-0.4, -0.2) is 67.5 Å². The van der Waals surface area contributed by atoms with Crippen LogP contribution >= 0.6 is 0 Å². The molecule has 4 rings (SSSR count). The minimum atomic E-state index is -3.86. The quantitative estimate of drug-likeness (QED) is 0.191. The van der Waals surface area contributed by atoms with Crippen LogP contribution in [0.1, 0.15) is 50.3 Å². The summed E-state index contributed by atoms with van der Waals surface area (Å²) in [4.78, 5) is 52.4. The number of epoxide rings is 1. The third kappa shape index (κ3) is 11.0. The molecule has 0 radical (unpaired) electrons. The average molecular weight is 692 g/mol. The molecule has 11 nitrogen and oxygen atoms in total. The first-order valence-electron chi connectivity index (χ1n) is 16.3. The predicted molar refractivity (Wildman–Crippen MR) is 185 cm³/mol. The molecule has 0 saturated carbocycles. The lowest BCUT2D eigenvalue weighted by atomic mass is 9.97. The van der Waals surface area contributed by atoms with Crippen LogP contribution in [0.5, 0.6) is 0 Å². The van der Waals surface area contributed by atoms with Gasteiger partial charge in [-0.3, -0.25) is 19.7 Å². The minimum Gasteiger partial charge on any atom is -0.445 e. The summed E-state index contributed by atoms with van der Waals surface area (Å²) in [5.74, 6) is -2.07. The van der Waals surface area contributed by atoms with Crippen LogP contribution in [0.4, 0.5) is 4.79 Å². The first kappa shape index (κ1) is 37.3. The van der Waals surface area contributed by atoms with E-state index in [1.165, 1.54) is 13.8 Å². The van der Waals surface area contributed by atoms with E-state index in [1.54, 1.807) is 31.2 Å². The van der Waals surface area contributed by atoms with Crippen molar-refractivity contribution in [3.63, 3.8) is 0 Å². The highest BCUT2D eigenvalue weighted by molar-refractivity contribution is 7.92. The van der Waals surface area contributed by atoms with Crippen LogP contribution in [0, 0.1) is 5.92 Å². The molecule has 5 atom stereocenters. The normalized spacial score (nSPS) is 17.6. The molecule has 4 amide bonds. The third-order valence-electron chi connectivity index (χ3n) is 8.82. The molecule has 0 aliphatic carbocycles. The summed E-state index contributed by atoms with van der Waals surface area (Å²) in [6.07, 6.45) is 0.372. The monoisotopic (exact) mass is 691 g/mol. The Morgan fingerprint density at radius 3 is 1.94 bits per heavy atom. The molecule has 0 bridgehead atoms. The molecule has 12 heteroatoms. The van der Waals surface area contributed by atoms with Gasteiger partial charge in [-0.1, -0.05) is 97.9 Å². The number of benzene rings is 3. The maximum atomic E-state index is 13.8. The molecule has 0 aromatic heterocycles. The van der Waals surface area contributed by atoms with Crippen molar-refractivity contribution in [2.45, 2.75) is 82.1 Å². The van der Waals surface area contributed by atoms with Gasteiger partial charge in [0.25, 0.3) is 5.91 Å². The lowest BCUT2D eigenvalue weighted by Gasteiger charge is -2.33. The summed E-state index contributed by atoms with van der Waals surface area (Å²) in [5.41, 5.74) is 2.70. The van der Waals surface area contributed by atoms with Gasteiger partial charge in [0.2, 0.25) is 11.8 Å². The standard InChI is InChI=1S/C37H45N3O8S/c1-25(20-21-26-14-8-5-9-15-26)33(41)40-34(42)31-30(48-31)23-29(22-27-16-10-6-11-17-27)38-35(43)32(37(2,3)49(4,45)46)39-36(44)47-24-28-18-12-7-13-19-28/h5-19,25,29-32H,20-24H2,1-4H3,(H,38,43)(H,39,44)(H,40,41,42)/t25-,29-,30?,31-,32+/m0/s1. The molecule has 3 aromatic rings. The highest BCUT2D eigenvalue weighted by Crippen LogP contribution is 2.29. The number of imide groups is 1. The lowest BCUT2D eigenvalue weighted by molar-refractivity contribution is -0.133. The Bertz CT molecular complexity index is 1680. The fourth-order valence-electron chi connectivity index (χ4n) is 5.34.